The summed E-state index contributed by atoms with van der Waals surface area (Å²) in [5, 5.41) is 10.8. The quantitative estimate of drug-likeness (QED) is 0.273. The Hall–Kier alpha value is -3.56. The predicted octanol–water partition coefficient (Wildman–Crippen LogP) is -0.332. The van der Waals surface area contributed by atoms with Crippen LogP contribution in [-0.2, 0) is 30.8 Å². The van der Waals surface area contributed by atoms with E-state index in [9.17, 15) is 28.1 Å². The minimum Gasteiger partial charge on any atom is -0.369 e. The molecule has 0 aliphatic carbocycles. The number of hydrogen-bond donors (Lipinski definition) is 1. The van der Waals surface area contributed by atoms with Crippen LogP contribution < -0.4 is 16.1 Å². The van der Waals surface area contributed by atoms with Crippen molar-refractivity contribution in [2.75, 3.05) is 43.9 Å². The Balaban J connectivity index is 0.000000623. The van der Waals surface area contributed by atoms with Gasteiger partial charge in [0, 0.05) is 71.2 Å². The summed E-state index contributed by atoms with van der Waals surface area (Å²) in [4.78, 5) is 43.7. The van der Waals surface area contributed by atoms with Crippen molar-refractivity contribution in [1.82, 2.24) is 23.6 Å². The smallest absolute Gasteiger partial charge is 0.332 e. The van der Waals surface area contributed by atoms with Gasteiger partial charge in [0.05, 0.1) is 17.5 Å². The SMILES string of the molecule is CS(=O)(=O)O.Cn1c(=O)c2c(ncn2CCN2CCN(c3ccc([N+](=O)[O-])cc3)CC2)n(C)c1=O. The van der Waals surface area contributed by atoms with Crippen LogP contribution in [0.2, 0.25) is 0 Å². The van der Waals surface area contributed by atoms with Crippen molar-refractivity contribution in [3.05, 3.63) is 61.5 Å². The summed E-state index contributed by atoms with van der Waals surface area (Å²) >= 11 is 0. The van der Waals surface area contributed by atoms with Gasteiger partial charge < -0.3 is 9.47 Å². The first kappa shape index (κ1) is 26.1. The number of benzene rings is 1. The molecule has 14 nitrogen and oxygen atoms in total. The average molecular weight is 510 g/mol. The molecule has 1 aromatic carbocycles. The van der Waals surface area contributed by atoms with Crippen molar-refractivity contribution in [1.29, 1.82) is 0 Å². The molecule has 0 atom stereocenters. The molecule has 1 N–H and O–H groups in total. The first-order chi connectivity index (χ1) is 16.4. The molecule has 35 heavy (non-hydrogen) atoms. The normalized spacial score (nSPS) is 14.6. The van der Waals surface area contributed by atoms with Gasteiger partial charge in [0.2, 0.25) is 0 Å². The Morgan fingerprint density at radius 1 is 1.03 bits per heavy atom. The molecule has 3 heterocycles. The summed E-state index contributed by atoms with van der Waals surface area (Å²) < 4.78 is 30.2. The Morgan fingerprint density at radius 2 is 1.60 bits per heavy atom. The third-order valence-corrected chi connectivity index (χ3v) is 5.67. The zero-order valence-electron chi connectivity index (χ0n) is 19.6. The van der Waals surface area contributed by atoms with Crippen LogP contribution in [0.15, 0.2) is 40.2 Å². The molecule has 0 amide bonds. The van der Waals surface area contributed by atoms with Gasteiger partial charge in [-0.1, -0.05) is 0 Å². The van der Waals surface area contributed by atoms with Crippen molar-refractivity contribution < 1.29 is 17.9 Å². The largest absolute Gasteiger partial charge is 0.369 e. The minimum absolute atomic E-state index is 0.0913. The van der Waals surface area contributed by atoms with Crippen molar-refractivity contribution >= 4 is 32.7 Å². The van der Waals surface area contributed by atoms with E-state index in [2.05, 4.69) is 14.8 Å². The van der Waals surface area contributed by atoms with E-state index in [-0.39, 0.29) is 16.9 Å². The van der Waals surface area contributed by atoms with Crippen LogP contribution in [0.25, 0.3) is 11.2 Å². The molecule has 0 saturated carbocycles. The van der Waals surface area contributed by atoms with Crippen LogP contribution in [0.5, 0.6) is 0 Å². The fraction of sp³-hybridized carbons (Fsp3) is 0.450. The summed E-state index contributed by atoms with van der Waals surface area (Å²) in [6.07, 6.45) is 2.33. The van der Waals surface area contributed by atoms with E-state index in [1.54, 1.807) is 30.1 Å². The van der Waals surface area contributed by atoms with Gasteiger partial charge in [0.15, 0.2) is 11.2 Å². The lowest BCUT2D eigenvalue weighted by Gasteiger charge is -2.36. The third kappa shape index (κ3) is 6.32. The van der Waals surface area contributed by atoms with Crippen LogP contribution in [0.1, 0.15) is 0 Å². The summed E-state index contributed by atoms with van der Waals surface area (Å²) in [5.41, 5.74) is 1.17. The van der Waals surface area contributed by atoms with Gasteiger partial charge in [0.1, 0.15) is 0 Å². The van der Waals surface area contributed by atoms with E-state index >= 15 is 0 Å². The van der Waals surface area contributed by atoms with Gasteiger partial charge in [-0.3, -0.25) is 33.5 Å². The Morgan fingerprint density at radius 3 is 2.14 bits per heavy atom. The number of nitro benzene ring substituents is 1. The fourth-order valence-corrected chi connectivity index (χ4v) is 3.83. The van der Waals surface area contributed by atoms with Gasteiger partial charge in [-0.2, -0.15) is 8.42 Å². The topological polar surface area (TPSA) is 166 Å². The van der Waals surface area contributed by atoms with Crippen LogP contribution in [0.3, 0.4) is 0 Å². The molecule has 0 bridgehead atoms. The Labute approximate surface area is 200 Å². The number of aryl methyl sites for hydroxylation is 1. The molecule has 1 saturated heterocycles. The molecule has 3 aromatic rings. The van der Waals surface area contributed by atoms with Crippen molar-refractivity contribution in [3.63, 3.8) is 0 Å². The summed E-state index contributed by atoms with van der Waals surface area (Å²) in [7, 11) is -0.586. The Bertz CT molecular complexity index is 1430. The summed E-state index contributed by atoms with van der Waals surface area (Å²) in [5.74, 6) is 0. The van der Waals surface area contributed by atoms with Crippen molar-refractivity contribution in [2.45, 2.75) is 6.54 Å². The second-order valence-electron chi connectivity index (χ2n) is 8.15. The second kappa shape index (κ2) is 10.4. The summed E-state index contributed by atoms with van der Waals surface area (Å²) in [6, 6.07) is 6.62. The number of imidazole rings is 1. The van der Waals surface area contributed by atoms with E-state index < -0.39 is 15.0 Å². The maximum absolute atomic E-state index is 12.5. The first-order valence-corrected chi connectivity index (χ1v) is 12.5. The second-order valence-corrected chi connectivity index (χ2v) is 9.62. The summed E-state index contributed by atoms with van der Waals surface area (Å²) in [6.45, 7) is 4.69. The van der Waals surface area contributed by atoms with Gasteiger partial charge in [-0.05, 0) is 12.1 Å². The van der Waals surface area contributed by atoms with E-state index in [0.29, 0.717) is 24.0 Å². The van der Waals surface area contributed by atoms with E-state index in [1.165, 1.54) is 23.7 Å². The van der Waals surface area contributed by atoms with Gasteiger partial charge in [-0.15, -0.1) is 0 Å². The molecule has 15 heteroatoms. The lowest BCUT2D eigenvalue weighted by atomic mass is 10.2. The van der Waals surface area contributed by atoms with Crippen LogP contribution in [-0.4, -0.2) is 80.5 Å². The molecule has 1 fully saturated rings. The standard InChI is InChI=1S/C19H23N7O4.CH4O3S/c1-21-17-16(18(27)22(2)19(21)28)25(13-20-17)12-9-23-7-10-24(11-8-23)14-3-5-15(6-4-14)26(29)30;1-5(2,3)4/h3-6,13H,7-12H2,1-2H3;1H3,(H,2,3,4). The molecular weight excluding hydrogens is 482 g/mol. The monoisotopic (exact) mass is 509 g/mol. The highest BCUT2D eigenvalue weighted by Crippen LogP contribution is 2.20. The molecule has 1 aliphatic heterocycles. The molecule has 4 rings (SSSR count). The average Bonchev–Trinajstić information content (AvgIpc) is 3.23. The van der Waals surface area contributed by atoms with Gasteiger partial charge >= 0.3 is 5.69 Å². The van der Waals surface area contributed by atoms with Gasteiger partial charge in [0.25, 0.3) is 21.4 Å². The minimum atomic E-state index is -3.67. The lowest BCUT2D eigenvalue weighted by Crippen LogP contribution is -2.47. The van der Waals surface area contributed by atoms with Gasteiger partial charge in [-0.25, -0.2) is 9.78 Å². The zero-order valence-corrected chi connectivity index (χ0v) is 20.4. The number of nitrogens with zero attached hydrogens (tertiary/aromatic N) is 7. The van der Waals surface area contributed by atoms with Crippen LogP contribution >= 0.6 is 0 Å². The van der Waals surface area contributed by atoms with E-state index in [1.807, 2.05) is 0 Å². The number of aromatic nitrogens is 4. The number of piperazine rings is 1. The lowest BCUT2D eigenvalue weighted by molar-refractivity contribution is -0.384. The zero-order chi connectivity index (χ0) is 25.9. The molecule has 0 spiro atoms. The van der Waals surface area contributed by atoms with E-state index in [0.717, 1.165) is 43.0 Å². The molecule has 0 unspecified atom stereocenters. The maximum Gasteiger partial charge on any atom is 0.332 e. The van der Waals surface area contributed by atoms with E-state index in [4.69, 9.17) is 4.55 Å². The van der Waals surface area contributed by atoms with Crippen molar-refractivity contribution in [3.8, 4) is 0 Å². The number of fused-ring (bicyclic) bond motifs is 1. The molecule has 1 aliphatic rings. The molecular formula is C20H27N7O7S. The third-order valence-electron chi connectivity index (χ3n) is 5.67. The number of hydrogen-bond acceptors (Lipinski definition) is 9. The number of anilines is 1. The number of rotatable bonds is 5. The molecule has 2 aromatic heterocycles. The highest BCUT2D eigenvalue weighted by atomic mass is 32.2. The van der Waals surface area contributed by atoms with Crippen molar-refractivity contribution in [2.24, 2.45) is 14.1 Å². The maximum atomic E-state index is 12.5. The van der Waals surface area contributed by atoms with Crippen LogP contribution in [0, 0.1) is 10.1 Å². The molecule has 190 valence electrons. The Kier molecular flexibility index (Phi) is 7.72. The van der Waals surface area contributed by atoms with Crippen LogP contribution in [0.4, 0.5) is 11.4 Å². The number of non-ortho nitro benzene ring substituents is 1. The molecule has 0 radical (unpaired) electrons. The fourth-order valence-electron chi connectivity index (χ4n) is 3.83. The number of nitro groups is 1. The highest BCUT2D eigenvalue weighted by Gasteiger charge is 2.19. The highest BCUT2D eigenvalue weighted by molar-refractivity contribution is 7.85. The predicted molar refractivity (Wildman–Crippen MR) is 129 cm³/mol. The first-order valence-electron chi connectivity index (χ1n) is 10.6.